The predicted octanol–water partition coefficient (Wildman–Crippen LogP) is 1.08. The van der Waals surface area contributed by atoms with Gasteiger partial charge in [-0.3, -0.25) is 19.3 Å². The minimum absolute atomic E-state index is 0.0353. The van der Waals surface area contributed by atoms with Crippen molar-refractivity contribution in [1.82, 2.24) is 4.90 Å². The average molecular weight is 317 g/mol. The Bertz CT molecular complexity index is 654. The molecule has 23 heavy (non-hydrogen) atoms. The molecule has 1 heterocycles. The van der Waals surface area contributed by atoms with E-state index in [2.05, 4.69) is 10.6 Å². The van der Waals surface area contributed by atoms with Crippen molar-refractivity contribution in [2.45, 2.75) is 19.8 Å². The summed E-state index contributed by atoms with van der Waals surface area (Å²) < 4.78 is 0. The number of aliphatic hydroxyl groups excluding tert-OH is 1. The van der Waals surface area contributed by atoms with Gasteiger partial charge in [-0.15, -0.1) is 0 Å². The standard InChI is InChI=1S/C16H19N3O4/c1-2-4-14(21)18-12-6-3-5-11(9-12)17-13-10-15(22)19(7-8-20)16(13)23/h3,5-6,9-10,17,20H,2,4,7-8H2,1H3,(H,18,21). The van der Waals surface area contributed by atoms with Crippen LogP contribution in [0.15, 0.2) is 36.0 Å². The van der Waals surface area contributed by atoms with Gasteiger partial charge in [0.25, 0.3) is 11.8 Å². The molecule has 122 valence electrons. The van der Waals surface area contributed by atoms with Crippen LogP contribution in [0.1, 0.15) is 19.8 Å². The summed E-state index contributed by atoms with van der Waals surface area (Å²) in [4.78, 5) is 36.3. The van der Waals surface area contributed by atoms with Crippen molar-refractivity contribution in [1.29, 1.82) is 0 Å². The molecule has 0 bridgehead atoms. The Balaban J connectivity index is 2.06. The first kappa shape index (κ1) is 16.7. The molecule has 0 spiro atoms. The van der Waals surface area contributed by atoms with Crippen molar-refractivity contribution in [2.24, 2.45) is 0 Å². The second kappa shape index (κ2) is 7.55. The summed E-state index contributed by atoms with van der Waals surface area (Å²) in [6.07, 6.45) is 2.39. The fourth-order valence-corrected chi connectivity index (χ4v) is 2.19. The molecule has 3 amide bonds. The lowest BCUT2D eigenvalue weighted by Gasteiger charge is -2.13. The van der Waals surface area contributed by atoms with E-state index in [1.54, 1.807) is 24.3 Å². The number of benzene rings is 1. The Kier molecular flexibility index (Phi) is 5.48. The highest BCUT2D eigenvalue weighted by atomic mass is 16.3. The van der Waals surface area contributed by atoms with Crippen LogP contribution in [0.5, 0.6) is 0 Å². The summed E-state index contributed by atoms with van der Waals surface area (Å²) in [6, 6.07) is 6.88. The fraction of sp³-hybridized carbons (Fsp3) is 0.312. The van der Waals surface area contributed by atoms with E-state index in [4.69, 9.17) is 5.11 Å². The van der Waals surface area contributed by atoms with E-state index in [0.29, 0.717) is 17.8 Å². The molecule has 3 N–H and O–H groups in total. The Labute approximate surface area is 134 Å². The summed E-state index contributed by atoms with van der Waals surface area (Å²) >= 11 is 0. The van der Waals surface area contributed by atoms with Crippen molar-refractivity contribution >= 4 is 29.1 Å². The van der Waals surface area contributed by atoms with Crippen LogP contribution in [0.25, 0.3) is 0 Å². The first-order valence-electron chi connectivity index (χ1n) is 7.40. The van der Waals surface area contributed by atoms with Gasteiger partial charge >= 0.3 is 0 Å². The minimum atomic E-state index is -0.482. The number of nitrogens with zero attached hydrogens (tertiary/aromatic N) is 1. The van der Waals surface area contributed by atoms with Crippen molar-refractivity contribution < 1.29 is 19.5 Å². The molecule has 1 aromatic rings. The van der Waals surface area contributed by atoms with Gasteiger partial charge in [0.2, 0.25) is 5.91 Å². The molecular weight excluding hydrogens is 298 g/mol. The normalized spacial score (nSPS) is 14.0. The third-order valence-electron chi connectivity index (χ3n) is 3.24. The van der Waals surface area contributed by atoms with Crippen LogP contribution in [0.4, 0.5) is 11.4 Å². The SMILES string of the molecule is CCCC(=O)Nc1cccc(NC2=CC(=O)N(CCO)C2=O)c1. The third-order valence-corrected chi connectivity index (χ3v) is 3.24. The minimum Gasteiger partial charge on any atom is -0.395 e. The quantitative estimate of drug-likeness (QED) is 0.654. The maximum absolute atomic E-state index is 12.1. The first-order valence-corrected chi connectivity index (χ1v) is 7.40. The van der Waals surface area contributed by atoms with Crippen LogP contribution in [-0.2, 0) is 14.4 Å². The van der Waals surface area contributed by atoms with Gasteiger partial charge in [0, 0.05) is 23.9 Å². The number of carbonyl (C=O) groups excluding carboxylic acids is 3. The van der Waals surface area contributed by atoms with E-state index >= 15 is 0 Å². The Morgan fingerprint density at radius 2 is 2.00 bits per heavy atom. The van der Waals surface area contributed by atoms with E-state index in [9.17, 15) is 14.4 Å². The maximum Gasteiger partial charge on any atom is 0.277 e. The molecule has 0 unspecified atom stereocenters. The number of aliphatic hydroxyl groups is 1. The van der Waals surface area contributed by atoms with Gasteiger partial charge in [-0.2, -0.15) is 0 Å². The summed E-state index contributed by atoms with van der Waals surface area (Å²) in [5, 5.41) is 14.5. The molecule has 0 aliphatic carbocycles. The lowest BCUT2D eigenvalue weighted by molar-refractivity contribution is -0.137. The molecule has 0 atom stereocenters. The molecule has 1 aliphatic rings. The number of hydrogen-bond acceptors (Lipinski definition) is 5. The van der Waals surface area contributed by atoms with Gasteiger partial charge < -0.3 is 15.7 Å². The van der Waals surface area contributed by atoms with Crippen LogP contribution in [-0.4, -0.2) is 40.9 Å². The maximum atomic E-state index is 12.1. The van der Waals surface area contributed by atoms with E-state index in [1.807, 2.05) is 6.92 Å². The third kappa shape index (κ3) is 4.17. The molecule has 2 rings (SSSR count). The van der Waals surface area contributed by atoms with Gasteiger partial charge in [-0.1, -0.05) is 13.0 Å². The highest BCUT2D eigenvalue weighted by Crippen LogP contribution is 2.20. The monoisotopic (exact) mass is 317 g/mol. The lowest BCUT2D eigenvalue weighted by atomic mass is 10.2. The zero-order valence-electron chi connectivity index (χ0n) is 12.8. The number of β-amino-alcohol motifs (C(OH)–C–C–N with tert-alkyl or cyclic N) is 1. The summed E-state index contributed by atoms with van der Waals surface area (Å²) in [7, 11) is 0. The molecule has 7 heteroatoms. The summed E-state index contributed by atoms with van der Waals surface area (Å²) in [6.45, 7) is 1.61. The van der Waals surface area contributed by atoms with Gasteiger partial charge in [-0.25, -0.2) is 0 Å². The van der Waals surface area contributed by atoms with Gasteiger partial charge in [0.1, 0.15) is 5.70 Å². The van der Waals surface area contributed by atoms with Crippen molar-refractivity contribution in [3.63, 3.8) is 0 Å². The average Bonchev–Trinajstić information content (AvgIpc) is 2.76. The van der Waals surface area contributed by atoms with E-state index in [0.717, 1.165) is 11.3 Å². The molecule has 0 saturated carbocycles. The molecule has 0 aromatic heterocycles. The second-order valence-corrected chi connectivity index (χ2v) is 5.08. The smallest absolute Gasteiger partial charge is 0.277 e. The zero-order valence-corrected chi connectivity index (χ0v) is 12.8. The number of carbonyl (C=O) groups is 3. The zero-order chi connectivity index (χ0) is 16.8. The van der Waals surface area contributed by atoms with E-state index < -0.39 is 11.8 Å². The van der Waals surface area contributed by atoms with Crippen molar-refractivity contribution in [3.8, 4) is 0 Å². The van der Waals surface area contributed by atoms with Crippen LogP contribution < -0.4 is 10.6 Å². The molecule has 1 aliphatic heterocycles. The molecule has 7 nitrogen and oxygen atoms in total. The lowest BCUT2D eigenvalue weighted by Crippen LogP contribution is -2.34. The fourth-order valence-electron chi connectivity index (χ4n) is 2.19. The van der Waals surface area contributed by atoms with Crippen molar-refractivity contribution in [3.05, 3.63) is 36.0 Å². The number of imide groups is 1. The van der Waals surface area contributed by atoms with Crippen LogP contribution >= 0.6 is 0 Å². The summed E-state index contributed by atoms with van der Waals surface area (Å²) in [5.74, 6) is -1.02. The number of nitrogens with one attached hydrogen (secondary N) is 2. The Hall–Kier alpha value is -2.67. The first-order chi connectivity index (χ1) is 11.0. The van der Waals surface area contributed by atoms with Crippen LogP contribution in [0, 0.1) is 0 Å². The highest BCUT2D eigenvalue weighted by Gasteiger charge is 2.30. The van der Waals surface area contributed by atoms with E-state index in [-0.39, 0.29) is 24.8 Å². The van der Waals surface area contributed by atoms with Gasteiger partial charge in [0.05, 0.1) is 13.2 Å². The number of hydrogen-bond donors (Lipinski definition) is 3. The summed E-state index contributed by atoms with van der Waals surface area (Å²) in [5.41, 5.74) is 1.33. The molecule has 1 aromatic carbocycles. The number of anilines is 2. The molecular formula is C16H19N3O4. The largest absolute Gasteiger partial charge is 0.395 e. The Morgan fingerprint density at radius 1 is 1.26 bits per heavy atom. The highest BCUT2D eigenvalue weighted by molar-refractivity contribution is 6.17. The molecule has 0 radical (unpaired) electrons. The Morgan fingerprint density at radius 3 is 2.70 bits per heavy atom. The van der Waals surface area contributed by atoms with Gasteiger partial charge in [-0.05, 0) is 24.6 Å². The number of rotatable bonds is 7. The topological polar surface area (TPSA) is 98.7 Å². The predicted molar refractivity (Wildman–Crippen MR) is 85.5 cm³/mol. The van der Waals surface area contributed by atoms with Gasteiger partial charge in [0.15, 0.2) is 0 Å². The molecule has 0 saturated heterocycles. The molecule has 0 fully saturated rings. The number of amides is 3. The van der Waals surface area contributed by atoms with Crippen LogP contribution in [0.2, 0.25) is 0 Å². The van der Waals surface area contributed by atoms with Crippen molar-refractivity contribution in [2.75, 3.05) is 23.8 Å². The van der Waals surface area contributed by atoms with E-state index in [1.165, 1.54) is 6.08 Å². The second-order valence-electron chi connectivity index (χ2n) is 5.08. The van der Waals surface area contributed by atoms with Crippen LogP contribution in [0.3, 0.4) is 0 Å².